The monoisotopic (exact) mass is 349 g/mol. The summed E-state index contributed by atoms with van der Waals surface area (Å²) in [5, 5.41) is 3.25. The first kappa shape index (κ1) is 17.7. The lowest BCUT2D eigenvalue weighted by atomic mass is 10.1. The van der Waals surface area contributed by atoms with Gasteiger partial charge in [-0.3, -0.25) is 14.9 Å². The van der Waals surface area contributed by atoms with Gasteiger partial charge in [0.1, 0.15) is 5.75 Å². The van der Waals surface area contributed by atoms with E-state index in [1.807, 2.05) is 61.5 Å². The fourth-order valence-corrected chi connectivity index (χ4v) is 2.95. The summed E-state index contributed by atoms with van der Waals surface area (Å²) in [5.74, 6) is 0.754. The molecule has 3 aromatic rings. The summed E-state index contributed by atoms with van der Waals surface area (Å²) in [6.07, 6.45) is 1.73. The van der Waals surface area contributed by atoms with Crippen LogP contribution in [0.2, 0.25) is 0 Å². The van der Waals surface area contributed by atoms with Crippen molar-refractivity contribution in [2.45, 2.75) is 26.7 Å². The zero-order valence-electron chi connectivity index (χ0n) is 15.3. The highest BCUT2D eigenvalue weighted by molar-refractivity contribution is 6.01. The van der Waals surface area contributed by atoms with Crippen molar-refractivity contribution in [3.63, 3.8) is 0 Å². The number of H-pyrrole nitrogens is 1. The predicted molar refractivity (Wildman–Crippen MR) is 105 cm³/mol. The maximum atomic E-state index is 13.1. The van der Waals surface area contributed by atoms with E-state index in [0.29, 0.717) is 11.3 Å². The number of aliphatic imine (C=N–C) groups is 1. The molecule has 0 atom stereocenters. The Morgan fingerprint density at radius 2 is 1.81 bits per heavy atom. The van der Waals surface area contributed by atoms with Crippen LogP contribution in [0, 0.1) is 0 Å². The van der Waals surface area contributed by atoms with E-state index in [1.54, 1.807) is 11.8 Å². The SMILES string of the molecule is CCCc1[nH]n(-c2ccc(OC)cc2)c(=O)c1C(C)=Nc1ccccc1. The van der Waals surface area contributed by atoms with Gasteiger partial charge in [-0.1, -0.05) is 31.5 Å². The van der Waals surface area contributed by atoms with Crippen LogP contribution < -0.4 is 10.3 Å². The molecule has 0 radical (unpaired) electrons. The summed E-state index contributed by atoms with van der Waals surface area (Å²) in [6.45, 7) is 3.98. The van der Waals surface area contributed by atoms with Crippen LogP contribution in [-0.2, 0) is 6.42 Å². The van der Waals surface area contributed by atoms with Gasteiger partial charge in [0.05, 0.1) is 29.8 Å². The Hall–Kier alpha value is -3.08. The van der Waals surface area contributed by atoms with E-state index in [1.165, 1.54) is 0 Å². The van der Waals surface area contributed by atoms with Crippen LogP contribution in [0.1, 0.15) is 31.5 Å². The molecule has 0 aliphatic carbocycles. The summed E-state index contributed by atoms with van der Waals surface area (Å²) in [4.78, 5) is 17.7. The third-order valence-corrected chi connectivity index (χ3v) is 4.21. The molecule has 0 fully saturated rings. The molecule has 5 nitrogen and oxygen atoms in total. The lowest BCUT2D eigenvalue weighted by molar-refractivity contribution is 0.414. The molecule has 0 amide bonds. The molecule has 134 valence electrons. The van der Waals surface area contributed by atoms with E-state index in [2.05, 4.69) is 17.0 Å². The predicted octanol–water partition coefficient (Wildman–Crippen LogP) is 4.27. The number of rotatable bonds is 6. The van der Waals surface area contributed by atoms with Gasteiger partial charge in [-0.25, -0.2) is 4.68 Å². The number of hydrogen-bond donors (Lipinski definition) is 1. The highest BCUT2D eigenvalue weighted by Gasteiger charge is 2.17. The van der Waals surface area contributed by atoms with Gasteiger partial charge in [-0.15, -0.1) is 0 Å². The highest BCUT2D eigenvalue weighted by atomic mass is 16.5. The van der Waals surface area contributed by atoms with Crippen molar-refractivity contribution in [1.29, 1.82) is 0 Å². The minimum Gasteiger partial charge on any atom is -0.497 e. The molecule has 0 aliphatic rings. The molecule has 1 aromatic heterocycles. The van der Waals surface area contributed by atoms with Gasteiger partial charge in [0.25, 0.3) is 5.56 Å². The van der Waals surface area contributed by atoms with Crippen molar-refractivity contribution in [2.75, 3.05) is 7.11 Å². The van der Waals surface area contributed by atoms with E-state index in [0.717, 1.165) is 35.7 Å². The highest BCUT2D eigenvalue weighted by Crippen LogP contribution is 2.17. The zero-order chi connectivity index (χ0) is 18.5. The Balaban J connectivity index is 2.08. The average Bonchev–Trinajstić information content (AvgIpc) is 2.99. The number of nitrogens with one attached hydrogen (secondary N) is 1. The lowest BCUT2D eigenvalue weighted by Gasteiger charge is -2.03. The number of aromatic nitrogens is 2. The van der Waals surface area contributed by atoms with Crippen molar-refractivity contribution in [3.8, 4) is 11.4 Å². The second kappa shape index (κ2) is 7.87. The van der Waals surface area contributed by atoms with Crippen LogP contribution in [0.25, 0.3) is 5.69 Å². The molecular weight excluding hydrogens is 326 g/mol. The quantitative estimate of drug-likeness (QED) is 0.676. The summed E-state index contributed by atoms with van der Waals surface area (Å²) in [7, 11) is 1.62. The van der Waals surface area contributed by atoms with E-state index in [9.17, 15) is 4.79 Å². The fourth-order valence-electron chi connectivity index (χ4n) is 2.95. The van der Waals surface area contributed by atoms with Crippen molar-refractivity contribution >= 4 is 11.4 Å². The molecule has 5 heteroatoms. The molecule has 2 aromatic carbocycles. The van der Waals surface area contributed by atoms with E-state index in [4.69, 9.17) is 4.74 Å². The van der Waals surface area contributed by atoms with E-state index >= 15 is 0 Å². The van der Waals surface area contributed by atoms with Gasteiger partial charge < -0.3 is 4.74 Å². The van der Waals surface area contributed by atoms with Crippen LogP contribution >= 0.6 is 0 Å². The third kappa shape index (κ3) is 3.61. The van der Waals surface area contributed by atoms with Crippen LogP contribution in [0.15, 0.2) is 64.4 Å². The van der Waals surface area contributed by atoms with Crippen LogP contribution in [0.3, 0.4) is 0 Å². The molecule has 0 saturated carbocycles. The first-order valence-corrected chi connectivity index (χ1v) is 8.73. The molecule has 1 N–H and O–H groups in total. The number of methoxy groups -OCH3 is 1. The molecule has 26 heavy (non-hydrogen) atoms. The molecule has 0 unspecified atom stereocenters. The third-order valence-electron chi connectivity index (χ3n) is 4.21. The Kier molecular flexibility index (Phi) is 5.37. The topological polar surface area (TPSA) is 59.4 Å². The number of aromatic amines is 1. The van der Waals surface area contributed by atoms with Gasteiger partial charge in [0.2, 0.25) is 0 Å². The Morgan fingerprint density at radius 1 is 1.12 bits per heavy atom. The van der Waals surface area contributed by atoms with Gasteiger partial charge in [0.15, 0.2) is 0 Å². The first-order valence-electron chi connectivity index (χ1n) is 8.73. The number of hydrogen-bond acceptors (Lipinski definition) is 3. The van der Waals surface area contributed by atoms with E-state index < -0.39 is 0 Å². The summed E-state index contributed by atoms with van der Waals surface area (Å²) < 4.78 is 6.76. The van der Waals surface area contributed by atoms with Crippen LogP contribution in [0.4, 0.5) is 5.69 Å². The fraction of sp³-hybridized carbons (Fsp3) is 0.238. The Bertz CT molecular complexity index is 951. The van der Waals surface area contributed by atoms with Crippen LogP contribution in [-0.4, -0.2) is 22.6 Å². The summed E-state index contributed by atoms with van der Waals surface area (Å²) in [6, 6.07) is 17.1. The van der Waals surface area contributed by atoms with Gasteiger partial charge in [0, 0.05) is 5.69 Å². The molecule has 0 aliphatic heterocycles. The molecule has 0 spiro atoms. The number of nitrogens with zero attached hydrogens (tertiary/aromatic N) is 2. The minimum atomic E-state index is -0.0872. The second-order valence-electron chi connectivity index (χ2n) is 6.09. The second-order valence-corrected chi connectivity index (χ2v) is 6.09. The molecule has 0 saturated heterocycles. The lowest BCUT2D eigenvalue weighted by Crippen LogP contribution is -2.19. The van der Waals surface area contributed by atoms with Gasteiger partial charge in [-0.2, -0.15) is 0 Å². The van der Waals surface area contributed by atoms with Gasteiger partial charge >= 0.3 is 0 Å². The maximum absolute atomic E-state index is 13.1. The zero-order valence-corrected chi connectivity index (χ0v) is 15.3. The largest absolute Gasteiger partial charge is 0.497 e. The molecule has 3 rings (SSSR count). The Labute approximate surface area is 153 Å². The molecule has 0 bridgehead atoms. The first-order chi connectivity index (χ1) is 12.6. The molecule has 1 heterocycles. The van der Waals surface area contributed by atoms with E-state index in [-0.39, 0.29) is 5.56 Å². The number of ether oxygens (including phenoxy) is 1. The smallest absolute Gasteiger partial charge is 0.280 e. The average molecular weight is 349 g/mol. The van der Waals surface area contributed by atoms with Gasteiger partial charge in [-0.05, 0) is 49.7 Å². The number of para-hydroxylation sites is 1. The van der Waals surface area contributed by atoms with Crippen LogP contribution in [0.5, 0.6) is 5.75 Å². The number of aryl methyl sites for hydroxylation is 1. The van der Waals surface area contributed by atoms with Crippen molar-refractivity contribution < 1.29 is 4.74 Å². The number of benzene rings is 2. The van der Waals surface area contributed by atoms with Crippen molar-refractivity contribution in [2.24, 2.45) is 4.99 Å². The normalized spacial score (nSPS) is 11.6. The van der Waals surface area contributed by atoms with Crippen molar-refractivity contribution in [1.82, 2.24) is 9.78 Å². The standard InChI is InChI=1S/C21H23N3O2/c1-4-8-19-20(15(2)22-16-9-6-5-7-10-16)21(25)24(23-19)17-11-13-18(26-3)14-12-17/h5-7,9-14,23H,4,8H2,1-3H3. The summed E-state index contributed by atoms with van der Waals surface area (Å²) in [5.41, 5.74) is 3.79. The molecular formula is C21H23N3O2. The minimum absolute atomic E-state index is 0.0872. The Morgan fingerprint density at radius 3 is 2.42 bits per heavy atom. The summed E-state index contributed by atoms with van der Waals surface area (Å²) >= 11 is 0. The van der Waals surface area contributed by atoms with Crippen molar-refractivity contribution in [3.05, 3.63) is 76.2 Å². The maximum Gasteiger partial charge on any atom is 0.280 e.